The molecule has 0 aliphatic heterocycles. The molecule has 0 unspecified atom stereocenters. The summed E-state index contributed by atoms with van der Waals surface area (Å²) in [6.45, 7) is 6.35. The molecule has 122 valence electrons. The van der Waals surface area contributed by atoms with E-state index in [1.165, 1.54) is 59.3 Å². The smallest absolute Gasteiger partial charge is 0.226 e. The van der Waals surface area contributed by atoms with Crippen LogP contribution >= 0.6 is 11.3 Å². The van der Waals surface area contributed by atoms with Gasteiger partial charge >= 0.3 is 0 Å². The highest BCUT2D eigenvalue weighted by molar-refractivity contribution is 7.14. The average molecular weight is 328 g/mol. The van der Waals surface area contributed by atoms with E-state index in [0.717, 1.165) is 5.69 Å². The van der Waals surface area contributed by atoms with Crippen LogP contribution in [0.1, 0.15) is 48.8 Å². The molecule has 4 heteroatoms. The average Bonchev–Trinajstić information content (AvgIpc) is 3.10. The molecule has 3 nitrogen and oxygen atoms in total. The van der Waals surface area contributed by atoms with E-state index in [9.17, 15) is 4.79 Å². The molecule has 0 saturated heterocycles. The molecular weight excluding hydrogens is 304 g/mol. The fourth-order valence-corrected chi connectivity index (χ4v) is 4.39. The number of anilines is 1. The number of benzene rings is 1. The predicted molar refractivity (Wildman–Crippen MR) is 97.0 cm³/mol. The zero-order valence-corrected chi connectivity index (χ0v) is 14.9. The molecule has 0 atom stereocenters. The molecule has 0 spiro atoms. The number of nitrogens with one attached hydrogen (secondary N) is 1. The first-order valence-corrected chi connectivity index (χ1v) is 9.24. The topological polar surface area (TPSA) is 42.0 Å². The lowest BCUT2D eigenvalue weighted by Crippen LogP contribution is -2.14. The van der Waals surface area contributed by atoms with E-state index in [1.807, 2.05) is 5.38 Å². The van der Waals surface area contributed by atoms with E-state index in [0.29, 0.717) is 17.5 Å². The van der Waals surface area contributed by atoms with Gasteiger partial charge in [-0.15, -0.1) is 11.3 Å². The SMILES string of the molecule is Cc1cc(C)c(-c2csc(NC(=O)CC3CCCC3)n2)c(C)c1. The van der Waals surface area contributed by atoms with Crippen molar-refractivity contribution in [2.45, 2.75) is 52.9 Å². The molecule has 1 saturated carbocycles. The number of aryl methyl sites for hydroxylation is 3. The maximum atomic E-state index is 12.1. The minimum Gasteiger partial charge on any atom is -0.302 e. The van der Waals surface area contributed by atoms with Crippen molar-refractivity contribution < 1.29 is 4.79 Å². The lowest BCUT2D eigenvalue weighted by molar-refractivity contribution is -0.117. The standard InChI is InChI=1S/C19H24N2OS/c1-12-8-13(2)18(14(3)9-12)16-11-23-19(20-16)21-17(22)10-15-6-4-5-7-15/h8-9,11,15H,4-7,10H2,1-3H3,(H,20,21,22). The van der Waals surface area contributed by atoms with E-state index >= 15 is 0 Å². The molecule has 3 rings (SSSR count). The van der Waals surface area contributed by atoms with Gasteiger partial charge in [-0.2, -0.15) is 0 Å². The normalized spacial score (nSPS) is 15.1. The number of hydrogen-bond donors (Lipinski definition) is 1. The number of nitrogens with zero attached hydrogens (tertiary/aromatic N) is 1. The Bertz CT molecular complexity index is 691. The van der Waals surface area contributed by atoms with Crippen LogP contribution in [0.2, 0.25) is 0 Å². The monoisotopic (exact) mass is 328 g/mol. The quantitative estimate of drug-likeness (QED) is 0.832. The van der Waals surface area contributed by atoms with Crippen LogP contribution in [0.4, 0.5) is 5.13 Å². The zero-order valence-electron chi connectivity index (χ0n) is 14.1. The van der Waals surface area contributed by atoms with Crippen molar-refractivity contribution in [2.75, 3.05) is 5.32 Å². The second kappa shape index (κ2) is 6.83. The molecule has 1 aliphatic carbocycles. The molecule has 0 radical (unpaired) electrons. The van der Waals surface area contributed by atoms with Crippen molar-refractivity contribution >= 4 is 22.4 Å². The third kappa shape index (κ3) is 3.81. The van der Waals surface area contributed by atoms with Gasteiger partial charge in [0.1, 0.15) is 0 Å². The minimum atomic E-state index is 0.107. The van der Waals surface area contributed by atoms with Crippen LogP contribution < -0.4 is 5.32 Å². The Kier molecular flexibility index (Phi) is 4.81. The third-order valence-corrected chi connectivity index (χ3v) is 5.39. The maximum absolute atomic E-state index is 12.1. The van der Waals surface area contributed by atoms with Gasteiger partial charge in [-0.25, -0.2) is 4.98 Å². The fraction of sp³-hybridized carbons (Fsp3) is 0.474. The highest BCUT2D eigenvalue weighted by atomic mass is 32.1. The molecule has 1 aliphatic rings. The van der Waals surface area contributed by atoms with Crippen LogP contribution in [-0.4, -0.2) is 10.9 Å². The largest absolute Gasteiger partial charge is 0.302 e. The number of carbonyl (C=O) groups is 1. The lowest BCUT2D eigenvalue weighted by atomic mass is 9.98. The summed E-state index contributed by atoms with van der Waals surface area (Å²) in [4.78, 5) is 16.8. The van der Waals surface area contributed by atoms with Crippen LogP contribution in [0.5, 0.6) is 0 Å². The molecule has 2 aromatic rings. The summed E-state index contributed by atoms with van der Waals surface area (Å²) in [5.74, 6) is 0.672. The minimum absolute atomic E-state index is 0.107. The van der Waals surface area contributed by atoms with Crippen LogP contribution in [-0.2, 0) is 4.79 Å². The van der Waals surface area contributed by atoms with Gasteiger partial charge < -0.3 is 5.32 Å². The Hall–Kier alpha value is -1.68. The van der Waals surface area contributed by atoms with Crippen LogP contribution in [0.3, 0.4) is 0 Å². The first kappa shape index (κ1) is 16.2. The van der Waals surface area contributed by atoms with E-state index in [2.05, 4.69) is 43.2 Å². The van der Waals surface area contributed by atoms with Crippen LogP contribution in [0, 0.1) is 26.7 Å². The van der Waals surface area contributed by atoms with E-state index in [-0.39, 0.29) is 5.91 Å². The van der Waals surface area contributed by atoms with Gasteiger partial charge in [0.2, 0.25) is 5.91 Å². The molecule has 1 amide bonds. The van der Waals surface area contributed by atoms with Gasteiger partial charge in [-0.3, -0.25) is 4.79 Å². The Morgan fingerprint density at radius 3 is 2.52 bits per heavy atom. The molecule has 0 bridgehead atoms. The van der Waals surface area contributed by atoms with Crippen molar-refractivity contribution in [1.29, 1.82) is 0 Å². The Morgan fingerprint density at radius 2 is 1.87 bits per heavy atom. The van der Waals surface area contributed by atoms with Crippen molar-refractivity contribution in [3.63, 3.8) is 0 Å². The second-order valence-electron chi connectivity index (χ2n) is 6.71. The second-order valence-corrected chi connectivity index (χ2v) is 7.57. The summed E-state index contributed by atoms with van der Waals surface area (Å²) >= 11 is 1.51. The molecule has 1 aromatic carbocycles. The van der Waals surface area contributed by atoms with Crippen LogP contribution in [0.15, 0.2) is 17.5 Å². The Labute approximate surface area is 142 Å². The van der Waals surface area contributed by atoms with E-state index in [4.69, 9.17) is 0 Å². The third-order valence-electron chi connectivity index (χ3n) is 4.63. The van der Waals surface area contributed by atoms with E-state index in [1.54, 1.807) is 0 Å². The highest BCUT2D eigenvalue weighted by Gasteiger charge is 2.19. The number of aromatic nitrogens is 1. The van der Waals surface area contributed by atoms with E-state index < -0.39 is 0 Å². The number of amides is 1. The van der Waals surface area contributed by atoms with Crippen molar-refractivity contribution in [3.8, 4) is 11.3 Å². The Morgan fingerprint density at radius 1 is 1.22 bits per heavy atom. The number of thiazole rings is 1. The Balaban J connectivity index is 1.72. The lowest BCUT2D eigenvalue weighted by Gasteiger charge is -2.09. The van der Waals surface area contributed by atoms with Crippen molar-refractivity contribution in [1.82, 2.24) is 4.98 Å². The summed E-state index contributed by atoms with van der Waals surface area (Å²) in [7, 11) is 0. The van der Waals surface area contributed by atoms with Gasteiger partial charge in [0.05, 0.1) is 5.69 Å². The highest BCUT2D eigenvalue weighted by Crippen LogP contribution is 2.32. The van der Waals surface area contributed by atoms with Gasteiger partial charge in [-0.1, -0.05) is 30.5 Å². The van der Waals surface area contributed by atoms with Gasteiger partial charge in [0.15, 0.2) is 5.13 Å². The van der Waals surface area contributed by atoms with Crippen molar-refractivity contribution in [3.05, 3.63) is 34.2 Å². The number of hydrogen-bond acceptors (Lipinski definition) is 3. The summed E-state index contributed by atoms with van der Waals surface area (Å²) in [6, 6.07) is 4.36. The summed E-state index contributed by atoms with van der Waals surface area (Å²) in [6.07, 6.45) is 5.56. The molecule has 1 N–H and O–H groups in total. The van der Waals surface area contributed by atoms with Gasteiger partial charge in [0.25, 0.3) is 0 Å². The summed E-state index contributed by atoms with van der Waals surface area (Å²) in [5.41, 5.74) is 5.88. The van der Waals surface area contributed by atoms with Crippen molar-refractivity contribution in [2.24, 2.45) is 5.92 Å². The van der Waals surface area contributed by atoms with Gasteiger partial charge in [-0.05, 0) is 50.7 Å². The summed E-state index contributed by atoms with van der Waals surface area (Å²) < 4.78 is 0. The zero-order chi connectivity index (χ0) is 16.4. The first-order chi connectivity index (χ1) is 11.0. The van der Waals surface area contributed by atoms with Crippen LogP contribution in [0.25, 0.3) is 11.3 Å². The fourth-order valence-electron chi connectivity index (χ4n) is 3.68. The molecule has 23 heavy (non-hydrogen) atoms. The number of rotatable bonds is 4. The molecule has 1 fully saturated rings. The molecule has 1 aromatic heterocycles. The number of carbonyl (C=O) groups excluding carboxylic acids is 1. The molecular formula is C19H24N2OS. The van der Waals surface area contributed by atoms with Gasteiger partial charge in [0, 0.05) is 17.4 Å². The molecule has 1 heterocycles. The maximum Gasteiger partial charge on any atom is 0.226 e. The first-order valence-electron chi connectivity index (χ1n) is 8.36. The summed E-state index contributed by atoms with van der Waals surface area (Å²) in [5, 5.41) is 5.73. The predicted octanol–water partition coefficient (Wildman–Crippen LogP) is 5.25.